The van der Waals surface area contributed by atoms with E-state index in [9.17, 15) is 4.79 Å². The second-order valence-corrected chi connectivity index (χ2v) is 7.32. The van der Waals surface area contributed by atoms with Crippen molar-refractivity contribution in [3.63, 3.8) is 0 Å². The molecule has 0 aliphatic rings. The Morgan fingerprint density at radius 2 is 1.80 bits per heavy atom. The molecule has 3 rings (SSSR count). The van der Waals surface area contributed by atoms with Gasteiger partial charge in [-0.2, -0.15) is 0 Å². The van der Waals surface area contributed by atoms with E-state index >= 15 is 0 Å². The Morgan fingerprint density at radius 1 is 1.08 bits per heavy atom. The number of aryl methyl sites for hydroxylation is 2. The van der Waals surface area contributed by atoms with Gasteiger partial charge in [0.2, 0.25) is 5.91 Å². The minimum Gasteiger partial charge on any atom is -0.369 e. The zero-order valence-electron chi connectivity index (χ0n) is 14.4. The largest absolute Gasteiger partial charge is 0.369 e. The summed E-state index contributed by atoms with van der Waals surface area (Å²) in [4.78, 5) is 11.5. The molecule has 1 unspecified atom stereocenters. The molecule has 0 aliphatic carbocycles. The monoisotopic (exact) mass is 352 g/mol. The van der Waals surface area contributed by atoms with E-state index < -0.39 is 5.25 Å². The van der Waals surface area contributed by atoms with E-state index in [1.165, 1.54) is 17.3 Å². The highest BCUT2D eigenvalue weighted by Crippen LogP contribution is 2.30. The Hall–Kier alpha value is -2.60. The number of carbonyl (C=O) groups excluding carboxylic acids is 1. The highest BCUT2D eigenvalue weighted by Gasteiger charge is 2.20. The minimum atomic E-state index is -0.390. The van der Waals surface area contributed by atoms with Crippen molar-refractivity contribution in [3.05, 3.63) is 59.7 Å². The molecule has 1 amide bonds. The van der Waals surface area contributed by atoms with Crippen LogP contribution >= 0.6 is 11.8 Å². The van der Waals surface area contributed by atoms with E-state index in [4.69, 9.17) is 5.73 Å². The van der Waals surface area contributed by atoms with E-state index in [1.54, 1.807) is 6.92 Å². The molecular formula is C19H20N4OS. The second kappa shape index (κ2) is 7.11. The first-order valence-electron chi connectivity index (χ1n) is 8.01. The summed E-state index contributed by atoms with van der Waals surface area (Å²) in [5.41, 5.74) is 9.67. The maximum Gasteiger partial charge on any atom is 0.230 e. The summed E-state index contributed by atoms with van der Waals surface area (Å²) in [7, 11) is 0. The van der Waals surface area contributed by atoms with Gasteiger partial charge in [0, 0.05) is 11.3 Å². The van der Waals surface area contributed by atoms with Crippen LogP contribution in [-0.4, -0.2) is 25.9 Å². The number of primary amides is 1. The maximum atomic E-state index is 11.5. The standard InChI is InChI=1S/C19H20N4OS/c1-12-7-9-16(10-8-12)23-18(15-6-4-5-13(2)11-15)21-22-19(23)25-14(3)17(20)24/h4-11,14H,1-3H3,(H2,20,24). The minimum absolute atomic E-state index is 0.374. The lowest BCUT2D eigenvalue weighted by Crippen LogP contribution is -2.23. The highest BCUT2D eigenvalue weighted by atomic mass is 32.2. The number of thioether (sulfide) groups is 1. The first-order valence-corrected chi connectivity index (χ1v) is 8.89. The van der Waals surface area contributed by atoms with Crippen LogP contribution in [0, 0.1) is 13.8 Å². The number of amides is 1. The molecule has 0 radical (unpaired) electrons. The van der Waals surface area contributed by atoms with E-state index in [0.29, 0.717) is 5.16 Å². The molecule has 128 valence electrons. The van der Waals surface area contributed by atoms with Crippen molar-refractivity contribution in [2.75, 3.05) is 0 Å². The van der Waals surface area contributed by atoms with Gasteiger partial charge in [-0.1, -0.05) is 53.2 Å². The van der Waals surface area contributed by atoms with Gasteiger partial charge in [-0.25, -0.2) is 0 Å². The van der Waals surface area contributed by atoms with E-state index in [2.05, 4.69) is 16.3 Å². The molecule has 0 fully saturated rings. The van der Waals surface area contributed by atoms with Crippen molar-refractivity contribution < 1.29 is 4.79 Å². The molecule has 1 heterocycles. The normalized spacial score (nSPS) is 12.1. The third kappa shape index (κ3) is 3.74. The van der Waals surface area contributed by atoms with Crippen LogP contribution in [0.5, 0.6) is 0 Å². The van der Waals surface area contributed by atoms with E-state index in [0.717, 1.165) is 22.6 Å². The van der Waals surface area contributed by atoms with Gasteiger partial charge < -0.3 is 5.73 Å². The number of rotatable bonds is 5. The first-order chi connectivity index (χ1) is 12.0. The van der Waals surface area contributed by atoms with Crippen LogP contribution in [0.25, 0.3) is 17.1 Å². The summed E-state index contributed by atoms with van der Waals surface area (Å²) in [5.74, 6) is 0.368. The average molecular weight is 352 g/mol. The molecule has 0 aliphatic heterocycles. The van der Waals surface area contributed by atoms with Gasteiger partial charge in [0.25, 0.3) is 0 Å². The van der Waals surface area contributed by atoms with Crippen LogP contribution in [0.3, 0.4) is 0 Å². The molecule has 1 atom stereocenters. The SMILES string of the molecule is Cc1ccc(-n2c(SC(C)C(N)=O)nnc2-c2cccc(C)c2)cc1. The van der Waals surface area contributed by atoms with Gasteiger partial charge in [-0.3, -0.25) is 9.36 Å². The van der Waals surface area contributed by atoms with Gasteiger partial charge in [0.1, 0.15) is 0 Å². The number of hydrogen-bond acceptors (Lipinski definition) is 4. The number of benzene rings is 2. The molecule has 0 saturated carbocycles. The van der Waals surface area contributed by atoms with Gasteiger partial charge in [0.05, 0.1) is 5.25 Å². The Balaban J connectivity index is 2.14. The zero-order valence-corrected chi connectivity index (χ0v) is 15.2. The molecular weight excluding hydrogens is 332 g/mol. The van der Waals surface area contributed by atoms with Crippen LogP contribution in [0.1, 0.15) is 18.1 Å². The molecule has 5 nitrogen and oxygen atoms in total. The Bertz CT molecular complexity index is 902. The topological polar surface area (TPSA) is 73.8 Å². The summed E-state index contributed by atoms with van der Waals surface area (Å²) in [6.07, 6.45) is 0. The fourth-order valence-corrected chi connectivity index (χ4v) is 3.28. The quantitative estimate of drug-likeness (QED) is 0.713. The molecule has 2 aromatic carbocycles. The first kappa shape index (κ1) is 17.2. The van der Waals surface area contributed by atoms with Crippen molar-refractivity contribution in [1.82, 2.24) is 14.8 Å². The summed E-state index contributed by atoms with van der Waals surface area (Å²) < 4.78 is 1.97. The molecule has 0 bridgehead atoms. The summed E-state index contributed by atoms with van der Waals surface area (Å²) in [5, 5.41) is 8.95. The van der Waals surface area contributed by atoms with Crippen molar-refractivity contribution in [1.29, 1.82) is 0 Å². The van der Waals surface area contributed by atoms with E-state index in [-0.39, 0.29) is 5.91 Å². The molecule has 3 aromatic rings. The number of nitrogens with two attached hydrogens (primary N) is 1. The summed E-state index contributed by atoms with van der Waals surface area (Å²) in [6.45, 7) is 5.86. The fourth-order valence-electron chi connectivity index (χ4n) is 2.46. The predicted molar refractivity (Wildman–Crippen MR) is 101 cm³/mol. The van der Waals surface area contributed by atoms with Gasteiger partial charge in [-0.15, -0.1) is 10.2 Å². The van der Waals surface area contributed by atoms with Crippen molar-refractivity contribution in [2.24, 2.45) is 5.73 Å². The van der Waals surface area contributed by atoms with Gasteiger partial charge >= 0.3 is 0 Å². The smallest absolute Gasteiger partial charge is 0.230 e. The Labute approximate surface area is 151 Å². The number of carbonyl (C=O) groups is 1. The van der Waals surface area contributed by atoms with Crippen LogP contribution in [0.4, 0.5) is 0 Å². The van der Waals surface area contributed by atoms with Gasteiger partial charge in [0.15, 0.2) is 11.0 Å². The number of hydrogen-bond donors (Lipinski definition) is 1. The highest BCUT2D eigenvalue weighted by molar-refractivity contribution is 8.00. The fraction of sp³-hybridized carbons (Fsp3) is 0.211. The molecule has 1 aromatic heterocycles. The van der Waals surface area contributed by atoms with Crippen LogP contribution in [0.15, 0.2) is 53.7 Å². The van der Waals surface area contributed by atoms with Gasteiger partial charge in [-0.05, 0) is 39.0 Å². The Morgan fingerprint density at radius 3 is 2.44 bits per heavy atom. The third-order valence-electron chi connectivity index (χ3n) is 3.88. The van der Waals surface area contributed by atoms with Crippen molar-refractivity contribution >= 4 is 17.7 Å². The zero-order chi connectivity index (χ0) is 18.0. The van der Waals surface area contributed by atoms with Crippen LogP contribution in [-0.2, 0) is 4.79 Å². The number of aromatic nitrogens is 3. The Kier molecular flexibility index (Phi) is 4.90. The molecule has 6 heteroatoms. The lowest BCUT2D eigenvalue weighted by atomic mass is 10.1. The summed E-state index contributed by atoms with van der Waals surface area (Å²) >= 11 is 1.31. The third-order valence-corrected chi connectivity index (χ3v) is 4.95. The summed E-state index contributed by atoms with van der Waals surface area (Å²) in [6, 6.07) is 16.3. The molecule has 0 spiro atoms. The van der Waals surface area contributed by atoms with Crippen molar-refractivity contribution in [2.45, 2.75) is 31.2 Å². The predicted octanol–water partition coefficient (Wildman–Crippen LogP) is 3.52. The van der Waals surface area contributed by atoms with Crippen LogP contribution < -0.4 is 5.73 Å². The lowest BCUT2D eigenvalue weighted by molar-refractivity contribution is -0.117. The number of nitrogens with zero attached hydrogens (tertiary/aromatic N) is 3. The maximum absolute atomic E-state index is 11.5. The second-order valence-electron chi connectivity index (χ2n) is 6.01. The van der Waals surface area contributed by atoms with Crippen molar-refractivity contribution in [3.8, 4) is 17.1 Å². The lowest BCUT2D eigenvalue weighted by Gasteiger charge is -2.12. The van der Waals surface area contributed by atoms with Crippen LogP contribution in [0.2, 0.25) is 0 Å². The average Bonchev–Trinajstić information content (AvgIpc) is 2.99. The molecule has 25 heavy (non-hydrogen) atoms. The van der Waals surface area contributed by atoms with E-state index in [1.807, 2.05) is 60.9 Å². The molecule has 0 saturated heterocycles. The molecule has 2 N–H and O–H groups in total.